The van der Waals surface area contributed by atoms with Crippen molar-refractivity contribution < 1.29 is 4.42 Å². The van der Waals surface area contributed by atoms with E-state index in [1.54, 1.807) is 0 Å². The van der Waals surface area contributed by atoms with Crippen LogP contribution in [-0.2, 0) is 0 Å². The number of furan rings is 1. The van der Waals surface area contributed by atoms with Gasteiger partial charge in [0.2, 0.25) is 0 Å². The second-order valence-corrected chi connectivity index (χ2v) is 16.4. The van der Waals surface area contributed by atoms with Crippen LogP contribution in [0.1, 0.15) is 0 Å². The molecule has 5 aromatic heterocycles. The fourth-order valence-corrected chi connectivity index (χ4v) is 11.1. The maximum atomic E-state index is 6.95. The summed E-state index contributed by atoms with van der Waals surface area (Å²) >= 11 is 0. The number of para-hydroxylation sites is 4. The zero-order valence-electron chi connectivity index (χ0n) is 32.1. The predicted octanol–water partition coefficient (Wildman–Crippen LogP) is 15.2. The highest BCUT2D eigenvalue weighted by molar-refractivity contribution is 6.37. The SMILES string of the molecule is c1ccc2c(c1)ccc1c2c2ccccc2n1-c1cc(-n2c3ccccc3c3cc4c5ccccc5n5c6ccc7ccccc7c6c(c32)c45)cc2c1oc1ccccc12. The molecule has 4 nitrogen and oxygen atoms in total. The molecule has 0 saturated heterocycles. The highest BCUT2D eigenvalue weighted by Gasteiger charge is 2.27. The van der Waals surface area contributed by atoms with Crippen LogP contribution in [0.25, 0.3) is 137 Å². The normalized spacial score (nSPS) is 12.7. The molecule has 0 amide bonds. The number of aromatic nitrogens is 3. The Bertz CT molecular complexity index is 4360. The fraction of sp³-hybridized carbons (Fsp3) is 0. The largest absolute Gasteiger partial charge is 0.454 e. The molecule has 10 aromatic carbocycles. The van der Waals surface area contributed by atoms with Crippen LogP contribution in [0.3, 0.4) is 0 Å². The van der Waals surface area contributed by atoms with E-state index in [9.17, 15) is 0 Å². The van der Waals surface area contributed by atoms with Gasteiger partial charge in [0.25, 0.3) is 0 Å². The summed E-state index contributed by atoms with van der Waals surface area (Å²) in [5.41, 5.74) is 12.3. The van der Waals surface area contributed by atoms with Crippen LogP contribution in [0.2, 0.25) is 0 Å². The van der Waals surface area contributed by atoms with Crippen molar-refractivity contribution in [1.29, 1.82) is 0 Å². The first-order valence-corrected chi connectivity index (χ1v) is 20.7. The molecule has 0 aliphatic carbocycles. The van der Waals surface area contributed by atoms with E-state index in [1.807, 2.05) is 0 Å². The Labute approximate surface area is 341 Å². The molecule has 5 heterocycles. The minimum Gasteiger partial charge on any atom is -0.454 e. The van der Waals surface area contributed by atoms with Crippen molar-refractivity contribution in [2.45, 2.75) is 0 Å². The number of rotatable bonds is 2. The summed E-state index contributed by atoms with van der Waals surface area (Å²) < 4.78 is 14.5. The standard InChI is InChI=1S/C56H31N3O/c1-3-15-35-32(13-1)25-27-47-51(35)40-20-7-11-23-46(40)58(47)49-30-34(29-43-39-19-8-12-24-50(39)60-56(43)49)57-44-21-9-5-17-37(44)41-31-42-38-18-6-10-22-45(38)59-48-28-26-33-14-2-4-16-36(33)52(48)53(54(41)57)55(42)59/h1-31H. The van der Waals surface area contributed by atoms with Gasteiger partial charge in [0.15, 0.2) is 5.58 Å². The van der Waals surface area contributed by atoms with E-state index in [2.05, 4.69) is 202 Å². The van der Waals surface area contributed by atoms with Gasteiger partial charge >= 0.3 is 0 Å². The molecule has 0 aliphatic heterocycles. The third-order valence-electron chi connectivity index (χ3n) is 13.5. The minimum absolute atomic E-state index is 0.875. The lowest BCUT2D eigenvalue weighted by molar-refractivity contribution is 0.666. The van der Waals surface area contributed by atoms with E-state index in [0.29, 0.717) is 0 Å². The molecule has 15 rings (SSSR count). The molecule has 15 aromatic rings. The highest BCUT2D eigenvalue weighted by Crippen LogP contribution is 2.49. The van der Waals surface area contributed by atoms with E-state index >= 15 is 0 Å². The van der Waals surface area contributed by atoms with Gasteiger partial charge in [-0.15, -0.1) is 0 Å². The highest BCUT2D eigenvalue weighted by atomic mass is 16.3. The summed E-state index contributed by atoms with van der Waals surface area (Å²) in [7, 11) is 0. The van der Waals surface area contributed by atoms with Crippen LogP contribution in [-0.4, -0.2) is 13.5 Å². The molecule has 60 heavy (non-hydrogen) atoms. The number of benzene rings is 10. The summed E-state index contributed by atoms with van der Waals surface area (Å²) in [6, 6.07) is 69.2. The lowest BCUT2D eigenvalue weighted by Gasteiger charge is -2.15. The Morgan fingerprint density at radius 1 is 0.317 bits per heavy atom. The van der Waals surface area contributed by atoms with Crippen LogP contribution in [0.4, 0.5) is 0 Å². The molecule has 0 radical (unpaired) electrons. The van der Waals surface area contributed by atoms with Gasteiger partial charge in [0, 0.05) is 59.5 Å². The number of hydrogen-bond donors (Lipinski definition) is 0. The molecule has 276 valence electrons. The third kappa shape index (κ3) is 3.69. The maximum Gasteiger partial charge on any atom is 0.159 e. The van der Waals surface area contributed by atoms with E-state index in [-0.39, 0.29) is 0 Å². The van der Waals surface area contributed by atoms with Crippen molar-refractivity contribution >= 4 is 125 Å². The van der Waals surface area contributed by atoms with Crippen molar-refractivity contribution in [2.75, 3.05) is 0 Å². The van der Waals surface area contributed by atoms with Crippen molar-refractivity contribution in [2.24, 2.45) is 0 Å². The summed E-state index contributed by atoms with van der Waals surface area (Å²) in [5.74, 6) is 0. The van der Waals surface area contributed by atoms with E-state index in [0.717, 1.165) is 44.3 Å². The number of fused-ring (bicyclic) bond motifs is 20. The Kier molecular flexibility index (Phi) is 5.63. The Morgan fingerprint density at radius 2 is 0.883 bits per heavy atom. The van der Waals surface area contributed by atoms with Crippen molar-refractivity contribution in [3.63, 3.8) is 0 Å². The summed E-state index contributed by atoms with van der Waals surface area (Å²) in [5, 5.41) is 17.3. The van der Waals surface area contributed by atoms with Crippen LogP contribution in [0.15, 0.2) is 192 Å². The van der Waals surface area contributed by atoms with Crippen molar-refractivity contribution in [3.05, 3.63) is 188 Å². The van der Waals surface area contributed by atoms with E-state index in [4.69, 9.17) is 4.42 Å². The fourth-order valence-electron chi connectivity index (χ4n) is 11.1. The molecular weight excluding hydrogens is 731 g/mol. The zero-order chi connectivity index (χ0) is 38.8. The Morgan fingerprint density at radius 3 is 1.65 bits per heavy atom. The quantitative estimate of drug-likeness (QED) is 0.172. The van der Waals surface area contributed by atoms with Gasteiger partial charge in [-0.05, 0) is 76.1 Å². The number of nitrogens with zero attached hydrogens (tertiary/aromatic N) is 3. The lowest BCUT2D eigenvalue weighted by atomic mass is 9.99. The second kappa shape index (κ2) is 10.9. The summed E-state index contributed by atoms with van der Waals surface area (Å²) in [4.78, 5) is 0. The summed E-state index contributed by atoms with van der Waals surface area (Å²) in [6.45, 7) is 0. The molecule has 0 fully saturated rings. The molecule has 0 saturated carbocycles. The average molecular weight is 762 g/mol. The van der Waals surface area contributed by atoms with Gasteiger partial charge in [-0.1, -0.05) is 133 Å². The Hall–Kier alpha value is -8.08. The van der Waals surface area contributed by atoms with Crippen LogP contribution in [0, 0.1) is 0 Å². The first-order chi connectivity index (χ1) is 29.8. The topological polar surface area (TPSA) is 27.4 Å². The first-order valence-electron chi connectivity index (χ1n) is 20.7. The van der Waals surface area contributed by atoms with Gasteiger partial charge in [0.05, 0.1) is 44.3 Å². The molecule has 0 aliphatic rings. The Balaban J connectivity index is 1.18. The predicted molar refractivity (Wildman–Crippen MR) is 252 cm³/mol. The van der Waals surface area contributed by atoms with Gasteiger partial charge in [-0.25, -0.2) is 0 Å². The molecule has 0 bridgehead atoms. The van der Waals surface area contributed by atoms with Crippen LogP contribution >= 0.6 is 0 Å². The van der Waals surface area contributed by atoms with Crippen LogP contribution in [0.5, 0.6) is 0 Å². The van der Waals surface area contributed by atoms with Gasteiger partial charge < -0.3 is 18.0 Å². The smallest absolute Gasteiger partial charge is 0.159 e. The molecule has 0 spiro atoms. The lowest BCUT2D eigenvalue weighted by Crippen LogP contribution is -2.00. The van der Waals surface area contributed by atoms with Gasteiger partial charge in [-0.3, -0.25) is 0 Å². The van der Waals surface area contributed by atoms with Crippen molar-refractivity contribution in [3.8, 4) is 11.4 Å². The first kappa shape index (κ1) is 31.0. The average Bonchev–Trinajstić information content (AvgIpc) is 4.10. The number of hydrogen-bond acceptors (Lipinski definition) is 1. The van der Waals surface area contributed by atoms with Gasteiger partial charge in [0.1, 0.15) is 5.58 Å². The van der Waals surface area contributed by atoms with Crippen LogP contribution < -0.4 is 0 Å². The molecule has 0 N–H and O–H groups in total. The van der Waals surface area contributed by atoms with E-state index in [1.165, 1.54) is 92.2 Å². The minimum atomic E-state index is 0.875. The van der Waals surface area contributed by atoms with Crippen molar-refractivity contribution in [1.82, 2.24) is 13.5 Å². The van der Waals surface area contributed by atoms with E-state index < -0.39 is 0 Å². The molecular formula is C56H31N3O. The maximum absolute atomic E-state index is 6.95. The summed E-state index contributed by atoms with van der Waals surface area (Å²) in [6.07, 6.45) is 0. The zero-order valence-corrected chi connectivity index (χ0v) is 32.1. The second-order valence-electron chi connectivity index (χ2n) is 16.4. The molecule has 4 heteroatoms. The molecule has 0 atom stereocenters. The third-order valence-corrected chi connectivity index (χ3v) is 13.5. The monoisotopic (exact) mass is 761 g/mol. The van der Waals surface area contributed by atoms with Gasteiger partial charge in [-0.2, -0.15) is 0 Å². The molecule has 0 unspecified atom stereocenters.